The molecule has 1 aliphatic rings. The number of aromatic nitrogens is 1. The van der Waals surface area contributed by atoms with E-state index in [-0.39, 0.29) is 17.8 Å². The van der Waals surface area contributed by atoms with Crippen LogP contribution >= 0.6 is 11.3 Å². The number of amides is 1. The molecular weight excluding hydrogens is 333 g/mol. The van der Waals surface area contributed by atoms with Crippen molar-refractivity contribution in [2.45, 2.75) is 12.5 Å². The van der Waals surface area contributed by atoms with Crippen molar-refractivity contribution in [3.63, 3.8) is 0 Å². The topological polar surface area (TPSA) is 51.7 Å². The van der Waals surface area contributed by atoms with E-state index in [4.69, 9.17) is 4.74 Å². The molecule has 0 saturated carbocycles. The highest BCUT2D eigenvalue weighted by Crippen LogP contribution is 2.25. The molecule has 0 aliphatic carbocycles. The number of benzene rings is 1. The number of rotatable bonds is 4. The summed E-state index contributed by atoms with van der Waals surface area (Å²) in [6.45, 7) is 0.832. The third-order valence-electron chi connectivity index (χ3n) is 3.15. The fraction of sp³-hybridized carbons (Fsp3) is 0.286. The van der Waals surface area contributed by atoms with E-state index in [1.165, 1.54) is 23.5 Å². The van der Waals surface area contributed by atoms with Gasteiger partial charge in [-0.15, -0.1) is 13.2 Å². The number of carbonyl (C=O) groups excluding carboxylic acids is 1. The van der Waals surface area contributed by atoms with Gasteiger partial charge in [0.25, 0.3) is 11.1 Å². The van der Waals surface area contributed by atoms with Gasteiger partial charge >= 0.3 is 6.36 Å². The number of alkyl halides is 3. The van der Waals surface area contributed by atoms with Crippen molar-refractivity contribution in [3.8, 4) is 10.9 Å². The van der Waals surface area contributed by atoms with Gasteiger partial charge in [-0.25, -0.2) is 4.98 Å². The fourth-order valence-corrected chi connectivity index (χ4v) is 2.62. The van der Waals surface area contributed by atoms with Crippen LogP contribution in [0.4, 0.5) is 13.2 Å². The Balaban J connectivity index is 1.53. The minimum absolute atomic E-state index is 0.113. The van der Waals surface area contributed by atoms with Gasteiger partial charge < -0.3 is 14.4 Å². The number of ether oxygens (including phenoxy) is 2. The van der Waals surface area contributed by atoms with Crippen LogP contribution in [-0.2, 0) is 0 Å². The van der Waals surface area contributed by atoms with Crippen molar-refractivity contribution in [1.82, 2.24) is 9.88 Å². The summed E-state index contributed by atoms with van der Waals surface area (Å²) >= 11 is 1.37. The summed E-state index contributed by atoms with van der Waals surface area (Å²) in [7, 11) is 0. The number of hydrogen-bond acceptors (Lipinski definition) is 5. The lowest BCUT2D eigenvalue weighted by molar-refractivity contribution is -0.274. The molecule has 1 saturated heterocycles. The van der Waals surface area contributed by atoms with Gasteiger partial charge in [0, 0.05) is 17.1 Å². The Bertz CT molecular complexity index is 668. The molecule has 9 heteroatoms. The Kier molecular flexibility index (Phi) is 4.12. The predicted molar refractivity (Wildman–Crippen MR) is 75.6 cm³/mol. The molecule has 3 rings (SSSR count). The molecule has 1 aromatic heterocycles. The first-order valence-electron chi connectivity index (χ1n) is 6.62. The third-order valence-corrected chi connectivity index (χ3v) is 3.81. The van der Waals surface area contributed by atoms with Gasteiger partial charge in [-0.3, -0.25) is 4.79 Å². The molecule has 1 amide bonds. The van der Waals surface area contributed by atoms with Gasteiger partial charge in [-0.2, -0.15) is 0 Å². The van der Waals surface area contributed by atoms with Crippen LogP contribution in [0.15, 0.2) is 35.8 Å². The molecule has 0 radical (unpaired) electrons. The normalized spacial score (nSPS) is 15.2. The van der Waals surface area contributed by atoms with Crippen molar-refractivity contribution < 1.29 is 27.4 Å². The summed E-state index contributed by atoms with van der Waals surface area (Å²) in [5.41, 5.74) is 0.298. The zero-order valence-electron chi connectivity index (χ0n) is 11.6. The summed E-state index contributed by atoms with van der Waals surface area (Å²) in [6, 6.07) is 4.84. The van der Waals surface area contributed by atoms with Crippen LogP contribution in [0.5, 0.6) is 10.9 Å². The molecule has 0 atom stereocenters. The highest BCUT2D eigenvalue weighted by atomic mass is 32.1. The van der Waals surface area contributed by atoms with Crippen LogP contribution in [0, 0.1) is 0 Å². The molecule has 2 aromatic rings. The summed E-state index contributed by atoms with van der Waals surface area (Å²) in [5, 5.41) is 2.34. The summed E-state index contributed by atoms with van der Waals surface area (Å²) < 4.78 is 45.5. The Morgan fingerprint density at radius 2 is 1.96 bits per heavy atom. The smallest absolute Gasteiger partial charge is 0.463 e. The Labute approximate surface area is 133 Å². The van der Waals surface area contributed by atoms with Gasteiger partial charge in [0.1, 0.15) is 11.9 Å². The van der Waals surface area contributed by atoms with Crippen LogP contribution in [0.3, 0.4) is 0 Å². The van der Waals surface area contributed by atoms with E-state index >= 15 is 0 Å². The van der Waals surface area contributed by atoms with Crippen molar-refractivity contribution in [2.75, 3.05) is 13.1 Å². The molecule has 1 aliphatic heterocycles. The number of hydrogen-bond donors (Lipinski definition) is 0. The zero-order valence-corrected chi connectivity index (χ0v) is 12.4. The zero-order chi connectivity index (χ0) is 16.4. The maximum atomic E-state index is 12.2. The molecular formula is C14H11F3N2O3S. The molecule has 1 aromatic carbocycles. The Morgan fingerprint density at radius 3 is 2.52 bits per heavy atom. The molecule has 0 spiro atoms. The molecule has 0 N–H and O–H groups in total. The SMILES string of the molecule is O=C(c1ccc(OC(F)(F)F)cc1)N1CC(Oc2nccs2)C1. The lowest BCUT2D eigenvalue weighted by Crippen LogP contribution is -2.56. The Hall–Kier alpha value is -2.29. The minimum Gasteiger partial charge on any atom is -0.463 e. The quantitative estimate of drug-likeness (QED) is 0.856. The Morgan fingerprint density at radius 1 is 1.26 bits per heavy atom. The highest BCUT2D eigenvalue weighted by molar-refractivity contribution is 7.11. The second-order valence-electron chi connectivity index (χ2n) is 4.82. The van der Waals surface area contributed by atoms with Crippen LogP contribution in [0.25, 0.3) is 0 Å². The minimum atomic E-state index is -4.75. The monoisotopic (exact) mass is 344 g/mol. The standard InChI is InChI=1S/C14H11F3N2O3S/c15-14(16,17)22-10-3-1-9(2-4-10)12(20)19-7-11(8-19)21-13-18-5-6-23-13/h1-6,11H,7-8H2. The van der Waals surface area contributed by atoms with Crippen LogP contribution in [0.2, 0.25) is 0 Å². The van der Waals surface area contributed by atoms with Crippen LogP contribution in [0.1, 0.15) is 10.4 Å². The first kappa shape index (κ1) is 15.6. The summed E-state index contributed by atoms with van der Waals surface area (Å²) in [6.07, 6.45) is -3.23. The van der Waals surface area contributed by atoms with Crippen molar-refractivity contribution in [3.05, 3.63) is 41.4 Å². The molecule has 0 bridgehead atoms. The van der Waals surface area contributed by atoms with Gasteiger partial charge in [0.05, 0.1) is 13.1 Å². The lowest BCUT2D eigenvalue weighted by Gasteiger charge is -2.38. The first-order valence-corrected chi connectivity index (χ1v) is 7.50. The summed E-state index contributed by atoms with van der Waals surface area (Å²) in [4.78, 5) is 17.7. The van der Waals surface area contributed by atoms with Gasteiger partial charge in [0.15, 0.2) is 0 Å². The average molecular weight is 344 g/mol. The molecule has 5 nitrogen and oxygen atoms in total. The van der Waals surface area contributed by atoms with Crippen LogP contribution < -0.4 is 9.47 Å². The van der Waals surface area contributed by atoms with Crippen molar-refractivity contribution in [1.29, 1.82) is 0 Å². The maximum Gasteiger partial charge on any atom is 0.573 e. The van der Waals surface area contributed by atoms with Crippen molar-refractivity contribution in [2.24, 2.45) is 0 Å². The van der Waals surface area contributed by atoms with E-state index in [1.54, 1.807) is 16.5 Å². The number of carbonyl (C=O) groups is 1. The van der Waals surface area contributed by atoms with Gasteiger partial charge in [-0.1, -0.05) is 11.3 Å². The second kappa shape index (κ2) is 6.07. The number of nitrogens with zero attached hydrogens (tertiary/aromatic N) is 2. The lowest BCUT2D eigenvalue weighted by atomic mass is 10.1. The molecule has 1 fully saturated rings. The van der Waals surface area contributed by atoms with Crippen LogP contribution in [-0.4, -0.2) is 41.3 Å². The number of likely N-dealkylation sites (tertiary alicyclic amines) is 1. The van der Waals surface area contributed by atoms with Crippen molar-refractivity contribution >= 4 is 17.2 Å². The average Bonchev–Trinajstić information content (AvgIpc) is 2.94. The predicted octanol–water partition coefficient (Wildman–Crippen LogP) is 2.95. The van der Waals surface area contributed by atoms with E-state index in [0.29, 0.717) is 23.8 Å². The van der Waals surface area contributed by atoms with Gasteiger partial charge in [0.2, 0.25) is 0 Å². The third kappa shape index (κ3) is 3.92. The van der Waals surface area contributed by atoms with E-state index in [0.717, 1.165) is 12.1 Å². The second-order valence-corrected chi connectivity index (χ2v) is 5.68. The number of halogens is 3. The highest BCUT2D eigenvalue weighted by Gasteiger charge is 2.34. The maximum absolute atomic E-state index is 12.2. The van der Waals surface area contributed by atoms with E-state index in [1.807, 2.05) is 0 Å². The van der Waals surface area contributed by atoms with E-state index in [2.05, 4.69) is 9.72 Å². The molecule has 0 unspecified atom stereocenters. The molecule has 23 heavy (non-hydrogen) atoms. The largest absolute Gasteiger partial charge is 0.573 e. The van der Waals surface area contributed by atoms with E-state index < -0.39 is 6.36 Å². The molecule has 122 valence electrons. The number of thiazole rings is 1. The first-order chi connectivity index (χ1) is 10.9. The summed E-state index contributed by atoms with van der Waals surface area (Å²) in [5.74, 6) is -0.620. The van der Waals surface area contributed by atoms with Gasteiger partial charge in [-0.05, 0) is 24.3 Å². The fourth-order valence-electron chi connectivity index (χ4n) is 2.07. The van der Waals surface area contributed by atoms with E-state index in [9.17, 15) is 18.0 Å². The molecule has 2 heterocycles.